The highest BCUT2D eigenvalue weighted by Crippen LogP contribution is 2.15. The molecule has 2 N–H and O–H groups in total. The second-order valence-electron chi connectivity index (χ2n) is 7.89. The first kappa shape index (κ1) is 26.5. The van der Waals surface area contributed by atoms with Crippen LogP contribution < -0.4 is 0 Å². The normalized spacial score (nSPS) is 21.2. The lowest BCUT2D eigenvalue weighted by Gasteiger charge is -2.20. The predicted molar refractivity (Wildman–Crippen MR) is 130 cm³/mol. The van der Waals surface area contributed by atoms with Crippen LogP contribution in [0.2, 0.25) is 0 Å². The number of nitrogens with zero attached hydrogens (tertiary/aromatic N) is 2. The fraction of sp³-hybridized carbons (Fsp3) is 0.462. The molecule has 2 saturated heterocycles. The lowest BCUT2D eigenvalue weighted by Crippen LogP contribution is -2.20. The maximum Gasteiger partial charge on any atom is 0.226 e. The molecular weight excluding hydrogens is 420 g/mol. The number of hydrogen-bond acceptors (Lipinski definition) is 6. The smallest absolute Gasteiger partial charge is 0.226 e. The van der Waals surface area contributed by atoms with Crippen LogP contribution in [0.3, 0.4) is 0 Å². The first-order valence-corrected chi connectivity index (χ1v) is 11.5. The molecule has 2 unspecified atom stereocenters. The van der Waals surface area contributed by atoms with Crippen molar-refractivity contribution in [3.63, 3.8) is 0 Å². The molecule has 2 aromatic rings. The van der Waals surface area contributed by atoms with Gasteiger partial charge in [0.05, 0.1) is 24.6 Å². The molecule has 2 aliphatic rings. The van der Waals surface area contributed by atoms with Gasteiger partial charge in [0.15, 0.2) is 0 Å². The summed E-state index contributed by atoms with van der Waals surface area (Å²) in [5.41, 5.74) is 3.93. The Labute approximate surface area is 196 Å². The molecule has 0 bridgehead atoms. The van der Waals surface area contributed by atoms with Crippen LogP contribution in [0.5, 0.6) is 0 Å². The van der Waals surface area contributed by atoms with Gasteiger partial charge in [0.1, 0.15) is 0 Å². The van der Waals surface area contributed by atoms with E-state index in [0.717, 1.165) is 74.3 Å². The third-order valence-electron chi connectivity index (χ3n) is 5.27. The Hall–Kier alpha value is -2.74. The van der Waals surface area contributed by atoms with Crippen molar-refractivity contribution in [2.75, 3.05) is 13.2 Å². The summed E-state index contributed by atoms with van der Waals surface area (Å²) in [4.78, 5) is 10.7. The van der Waals surface area contributed by atoms with Crippen LogP contribution >= 0.6 is 0 Å². The third-order valence-corrected chi connectivity index (χ3v) is 5.27. The van der Waals surface area contributed by atoms with Crippen molar-refractivity contribution in [3.8, 4) is 0 Å². The number of rotatable bonds is 6. The topological polar surface area (TPSA) is 93.1 Å². The van der Waals surface area contributed by atoms with Crippen molar-refractivity contribution in [2.45, 2.75) is 65.0 Å². The standard InChI is InChI=1S/2C13H17NO2.H2O/c2*1-11(12-7-3-2-4-8-12)14-16-13-9-5-6-10-15-13;/h2*2-4,7-8,13H,5-6,9-10H2,1H3;1H2. The number of benzene rings is 2. The molecule has 4 rings (SSSR count). The molecule has 33 heavy (non-hydrogen) atoms. The minimum absolute atomic E-state index is 0. The molecule has 2 atom stereocenters. The zero-order valence-corrected chi connectivity index (χ0v) is 19.6. The van der Waals surface area contributed by atoms with Crippen LogP contribution in [0.4, 0.5) is 0 Å². The molecule has 2 aromatic carbocycles. The van der Waals surface area contributed by atoms with Gasteiger partial charge >= 0.3 is 0 Å². The Morgan fingerprint density at radius 3 is 1.39 bits per heavy atom. The van der Waals surface area contributed by atoms with E-state index in [9.17, 15) is 0 Å². The van der Waals surface area contributed by atoms with E-state index in [4.69, 9.17) is 19.1 Å². The fourth-order valence-corrected chi connectivity index (χ4v) is 3.33. The van der Waals surface area contributed by atoms with E-state index in [2.05, 4.69) is 10.3 Å². The maximum atomic E-state index is 5.43. The largest absolute Gasteiger partial charge is 0.412 e. The van der Waals surface area contributed by atoms with Crippen molar-refractivity contribution in [1.82, 2.24) is 0 Å². The Kier molecular flexibility index (Phi) is 12.2. The van der Waals surface area contributed by atoms with E-state index in [0.29, 0.717) is 0 Å². The Balaban J connectivity index is 0.000000227. The van der Waals surface area contributed by atoms with Gasteiger partial charge in [-0.3, -0.25) is 0 Å². The van der Waals surface area contributed by atoms with E-state index < -0.39 is 0 Å². The fourth-order valence-electron chi connectivity index (χ4n) is 3.33. The minimum Gasteiger partial charge on any atom is -0.412 e. The third kappa shape index (κ3) is 9.74. The monoisotopic (exact) mass is 456 g/mol. The maximum absolute atomic E-state index is 5.43. The van der Waals surface area contributed by atoms with Crippen molar-refractivity contribution < 1.29 is 24.6 Å². The molecule has 2 aliphatic heterocycles. The van der Waals surface area contributed by atoms with Gasteiger partial charge in [0.2, 0.25) is 12.6 Å². The molecule has 7 heteroatoms. The Morgan fingerprint density at radius 1 is 0.667 bits per heavy atom. The predicted octanol–water partition coefficient (Wildman–Crippen LogP) is 5.08. The van der Waals surface area contributed by atoms with Crippen LogP contribution in [-0.2, 0) is 19.1 Å². The van der Waals surface area contributed by atoms with Gasteiger partial charge in [-0.2, -0.15) is 0 Å². The number of oxime groups is 2. The Morgan fingerprint density at radius 2 is 1.06 bits per heavy atom. The van der Waals surface area contributed by atoms with Gasteiger partial charge in [-0.1, -0.05) is 71.0 Å². The van der Waals surface area contributed by atoms with Crippen LogP contribution in [-0.4, -0.2) is 42.7 Å². The lowest BCUT2D eigenvalue weighted by molar-refractivity contribution is -0.162. The highest BCUT2D eigenvalue weighted by molar-refractivity contribution is 5.98. The summed E-state index contributed by atoms with van der Waals surface area (Å²) in [7, 11) is 0. The van der Waals surface area contributed by atoms with Crippen LogP contribution in [0.15, 0.2) is 71.0 Å². The molecule has 7 nitrogen and oxygen atoms in total. The molecule has 0 amide bonds. The van der Waals surface area contributed by atoms with E-state index in [1.54, 1.807) is 0 Å². The van der Waals surface area contributed by atoms with Gasteiger partial charge in [0.25, 0.3) is 0 Å². The van der Waals surface area contributed by atoms with E-state index in [1.165, 1.54) is 0 Å². The average Bonchev–Trinajstić information content (AvgIpc) is 2.88. The van der Waals surface area contributed by atoms with Crippen molar-refractivity contribution in [1.29, 1.82) is 0 Å². The van der Waals surface area contributed by atoms with Gasteiger partial charge in [-0.15, -0.1) is 0 Å². The van der Waals surface area contributed by atoms with E-state index in [-0.39, 0.29) is 18.1 Å². The summed E-state index contributed by atoms with van der Waals surface area (Å²) in [5, 5.41) is 8.22. The first-order chi connectivity index (χ1) is 15.7. The summed E-state index contributed by atoms with van der Waals surface area (Å²) in [5.74, 6) is 0. The molecule has 2 fully saturated rings. The molecule has 0 spiro atoms. The van der Waals surface area contributed by atoms with Gasteiger partial charge in [0, 0.05) is 12.8 Å². The lowest BCUT2D eigenvalue weighted by atomic mass is 10.1. The second-order valence-corrected chi connectivity index (χ2v) is 7.89. The zero-order chi connectivity index (χ0) is 22.4. The molecule has 0 aromatic heterocycles. The molecule has 0 radical (unpaired) electrons. The number of ether oxygens (including phenoxy) is 2. The minimum atomic E-state index is -0.160. The molecule has 0 saturated carbocycles. The van der Waals surface area contributed by atoms with Crippen LogP contribution in [0.25, 0.3) is 0 Å². The summed E-state index contributed by atoms with van der Waals surface area (Å²) in [6.45, 7) is 5.45. The highest BCUT2D eigenvalue weighted by Gasteiger charge is 2.15. The van der Waals surface area contributed by atoms with Gasteiger partial charge in [-0.25, -0.2) is 0 Å². The van der Waals surface area contributed by atoms with E-state index >= 15 is 0 Å². The summed E-state index contributed by atoms with van der Waals surface area (Å²) in [6, 6.07) is 20.0. The van der Waals surface area contributed by atoms with E-state index in [1.807, 2.05) is 74.5 Å². The zero-order valence-electron chi connectivity index (χ0n) is 19.6. The summed E-state index contributed by atoms with van der Waals surface area (Å²) < 4.78 is 10.9. The van der Waals surface area contributed by atoms with Crippen molar-refractivity contribution in [3.05, 3.63) is 71.8 Å². The van der Waals surface area contributed by atoms with Crippen molar-refractivity contribution in [2.24, 2.45) is 10.3 Å². The molecule has 2 heterocycles. The van der Waals surface area contributed by atoms with Gasteiger partial charge in [-0.05, 0) is 50.7 Å². The second kappa shape index (κ2) is 15.2. The summed E-state index contributed by atoms with van der Waals surface area (Å²) >= 11 is 0. The quantitative estimate of drug-likeness (QED) is 0.447. The average molecular weight is 457 g/mol. The first-order valence-electron chi connectivity index (χ1n) is 11.5. The van der Waals surface area contributed by atoms with Crippen LogP contribution in [0, 0.1) is 0 Å². The highest BCUT2D eigenvalue weighted by atomic mass is 16.8. The molecule has 0 aliphatic carbocycles. The summed E-state index contributed by atoms with van der Waals surface area (Å²) in [6.07, 6.45) is 6.12. The van der Waals surface area contributed by atoms with Crippen LogP contribution in [0.1, 0.15) is 63.5 Å². The number of hydrogen-bond donors (Lipinski definition) is 0. The van der Waals surface area contributed by atoms with Crippen molar-refractivity contribution >= 4 is 11.4 Å². The molecular formula is C26H36N2O5. The SMILES string of the molecule is CC(=NOC1CCCCO1)c1ccccc1.CC(=NOC1CCCCO1)c1ccccc1.O. The Bertz CT molecular complexity index is 759. The van der Waals surface area contributed by atoms with Gasteiger partial charge < -0.3 is 24.6 Å². The molecule has 180 valence electrons.